The number of rotatable bonds is 5. The number of hydrogen-bond acceptors (Lipinski definition) is 7. The highest BCUT2D eigenvalue weighted by Crippen LogP contribution is 2.37. The molecule has 1 atom stereocenters. The monoisotopic (exact) mass is 390 g/mol. The van der Waals surface area contributed by atoms with E-state index >= 15 is 0 Å². The molecule has 2 aromatic heterocycles. The van der Waals surface area contributed by atoms with Gasteiger partial charge in [0.05, 0.1) is 11.7 Å². The predicted octanol–water partition coefficient (Wildman–Crippen LogP) is 0.926. The highest BCUT2D eigenvalue weighted by atomic mass is 32.1. The van der Waals surface area contributed by atoms with E-state index in [4.69, 9.17) is 22.2 Å². The van der Waals surface area contributed by atoms with E-state index in [0.717, 1.165) is 34.4 Å². The van der Waals surface area contributed by atoms with E-state index in [1.807, 2.05) is 6.07 Å². The Balaban J connectivity index is 1.92. The van der Waals surface area contributed by atoms with Gasteiger partial charge in [0.1, 0.15) is 15.5 Å². The summed E-state index contributed by atoms with van der Waals surface area (Å²) in [6.07, 6.45) is 1.80. The Labute approximate surface area is 162 Å². The van der Waals surface area contributed by atoms with Crippen LogP contribution in [0.15, 0.2) is 6.07 Å². The lowest BCUT2D eigenvalue weighted by molar-refractivity contribution is -0.132. The number of amides is 2. The highest BCUT2D eigenvalue weighted by molar-refractivity contribution is 7.21. The van der Waals surface area contributed by atoms with Crippen molar-refractivity contribution in [3.63, 3.8) is 0 Å². The van der Waals surface area contributed by atoms with Crippen molar-refractivity contribution in [2.45, 2.75) is 32.7 Å². The number of nitrogens with zero attached hydrogens (tertiary/aromatic N) is 3. The second-order valence-corrected chi connectivity index (χ2v) is 7.88. The van der Waals surface area contributed by atoms with E-state index < -0.39 is 11.9 Å². The molecular weight excluding hydrogens is 364 g/mol. The van der Waals surface area contributed by atoms with Crippen LogP contribution in [0.25, 0.3) is 10.2 Å². The Morgan fingerprint density at radius 1 is 1.30 bits per heavy atom. The van der Waals surface area contributed by atoms with Crippen LogP contribution in [0.4, 0.5) is 11.5 Å². The number of thiophene rings is 1. The van der Waals surface area contributed by atoms with Crippen molar-refractivity contribution in [1.82, 2.24) is 9.88 Å². The minimum atomic E-state index is -0.525. The van der Waals surface area contributed by atoms with Gasteiger partial charge >= 0.3 is 0 Å². The van der Waals surface area contributed by atoms with Crippen molar-refractivity contribution >= 4 is 44.9 Å². The van der Waals surface area contributed by atoms with E-state index in [-0.39, 0.29) is 5.91 Å². The van der Waals surface area contributed by atoms with Crippen molar-refractivity contribution in [3.8, 4) is 0 Å². The number of hydrogen-bond donors (Lipinski definition) is 3. The summed E-state index contributed by atoms with van der Waals surface area (Å²) in [7, 11) is 0. The fourth-order valence-corrected chi connectivity index (χ4v) is 4.43. The molecule has 0 saturated carbocycles. The molecule has 0 aliphatic carbocycles. The van der Waals surface area contributed by atoms with Crippen LogP contribution >= 0.6 is 11.3 Å². The first-order valence-electron chi connectivity index (χ1n) is 9.14. The number of aryl methyl sites for hydroxylation is 1. The normalized spacial score (nSPS) is 16.0. The second-order valence-electron chi connectivity index (χ2n) is 6.88. The van der Waals surface area contributed by atoms with Crippen molar-refractivity contribution in [3.05, 3.63) is 16.5 Å². The Bertz CT molecular complexity index is 870. The molecular formula is C18H26N6O2S. The van der Waals surface area contributed by atoms with Gasteiger partial charge in [-0.15, -0.1) is 11.3 Å². The minimum absolute atomic E-state index is 0.0261. The van der Waals surface area contributed by atoms with Crippen LogP contribution in [0.5, 0.6) is 0 Å². The number of pyridine rings is 1. The molecule has 1 fully saturated rings. The summed E-state index contributed by atoms with van der Waals surface area (Å²) in [4.78, 5) is 33.5. The summed E-state index contributed by atoms with van der Waals surface area (Å²) in [5.74, 6) is 0.292. The number of aromatic nitrogens is 1. The van der Waals surface area contributed by atoms with E-state index in [0.29, 0.717) is 36.7 Å². The molecule has 2 aromatic rings. The van der Waals surface area contributed by atoms with E-state index in [1.165, 1.54) is 11.3 Å². The molecule has 0 bridgehead atoms. The molecule has 27 heavy (non-hydrogen) atoms. The first kappa shape index (κ1) is 19.4. The maximum Gasteiger partial charge on any atom is 0.260 e. The van der Waals surface area contributed by atoms with Gasteiger partial charge in [0.2, 0.25) is 5.91 Å². The number of piperazine rings is 1. The topological polar surface area (TPSA) is 132 Å². The summed E-state index contributed by atoms with van der Waals surface area (Å²) in [6.45, 7) is 6.41. The van der Waals surface area contributed by atoms with Crippen LogP contribution in [0.3, 0.4) is 0 Å². The van der Waals surface area contributed by atoms with Gasteiger partial charge in [-0.1, -0.05) is 13.3 Å². The average Bonchev–Trinajstić information content (AvgIpc) is 2.98. The largest absolute Gasteiger partial charge is 0.397 e. The van der Waals surface area contributed by atoms with Crippen molar-refractivity contribution in [2.24, 2.45) is 11.5 Å². The Morgan fingerprint density at radius 3 is 2.52 bits per heavy atom. The molecule has 1 aliphatic heterocycles. The van der Waals surface area contributed by atoms with Gasteiger partial charge in [-0.3, -0.25) is 9.59 Å². The van der Waals surface area contributed by atoms with Gasteiger partial charge in [-0.2, -0.15) is 0 Å². The maximum absolute atomic E-state index is 12.1. The number of primary amides is 1. The Morgan fingerprint density at radius 2 is 1.96 bits per heavy atom. The van der Waals surface area contributed by atoms with Crippen LogP contribution in [0.1, 0.15) is 35.5 Å². The molecule has 3 heterocycles. The van der Waals surface area contributed by atoms with Gasteiger partial charge < -0.3 is 27.0 Å². The number of carbonyl (C=O) groups is 2. The average molecular weight is 391 g/mol. The van der Waals surface area contributed by atoms with E-state index in [2.05, 4.69) is 11.8 Å². The van der Waals surface area contributed by atoms with Crippen LogP contribution in [0, 0.1) is 0 Å². The van der Waals surface area contributed by atoms with E-state index in [1.54, 1.807) is 11.8 Å². The van der Waals surface area contributed by atoms with Gasteiger partial charge in [0.15, 0.2) is 0 Å². The second kappa shape index (κ2) is 7.69. The summed E-state index contributed by atoms with van der Waals surface area (Å²) in [5, 5.41) is 0.838. The molecule has 146 valence electrons. The molecule has 2 amide bonds. The van der Waals surface area contributed by atoms with E-state index in [9.17, 15) is 9.59 Å². The number of carbonyl (C=O) groups excluding carboxylic acids is 2. The van der Waals surface area contributed by atoms with Crippen LogP contribution < -0.4 is 22.1 Å². The summed E-state index contributed by atoms with van der Waals surface area (Å²) in [5.41, 5.74) is 18.8. The fraction of sp³-hybridized carbons (Fsp3) is 0.500. The lowest BCUT2D eigenvalue weighted by Gasteiger charge is -2.36. The fourth-order valence-electron chi connectivity index (χ4n) is 3.44. The predicted molar refractivity (Wildman–Crippen MR) is 109 cm³/mol. The number of anilines is 2. The Kier molecular flexibility index (Phi) is 5.52. The molecule has 3 rings (SSSR count). The zero-order valence-electron chi connectivity index (χ0n) is 15.7. The zero-order valence-corrected chi connectivity index (χ0v) is 16.5. The van der Waals surface area contributed by atoms with Crippen molar-refractivity contribution in [1.29, 1.82) is 0 Å². The third-order valence-corrected chi connectivity index (χ3v) is 5.93. The zero-order chi connectivity index (χ0) is 19.7. The molecule has 1 saturated heterocycles. The van der Waals surface area contributed by atoms with Gasteiger partial charge in [-0.25, -0.2) is 4.98 Å². The maximum atomic E-state index is 12.1. The van der Waals surface area contributed by atoms with Gasteiger partial charge in [0.25, 0.3) is 5.91 Å². The molecule has 0 unspecified atom stereocenters. The van der Waals surface area contributed by atoms with Gasteiger partial charge in [0, 0.05) is 31.6 Å². The lowest BCUT2D eigenvalue weighted by atomic mass is 10.1. The van der Waals surface area contributed by atoms with Crippen molar-refractivity contribution < 1.29 is 9.59 Å². The highest BCUT2D eigenvalue weighted by Gasteiger charge is 2.25. The molecule has 0 spiro atoms. The lowest BCUT2D eigenvalue weighted by Crippen LogP contribution is -2.52. The van der Waals surface area contributed by atoms with Gasteiger partial charge in [-0.05, 0) is 25.0 Å². The number of nitrogen functional groups attached to an aromatic ring is 1. The number of nitrogens with two attached hydrogens (primary N) is 3. The first-order valence-corrected chi connectivity index (χ1v) is 9.96. The van der Waals surface area contributed by atoms with Crippen LogP contribution in [0.2, 0.25) is 0 Å². The molecule has 9 heteroatoms. The SMILES string of the molecule is CCCc1cc(N2CCN(C(=O)[C@@H](C)N)CC2)nc2sc(C(N)=O)c(N)c12. The van der Waals surface area contributed by atoms with Crippen molar-refractivity contribution in [2.75, 3.05) is 36.8 Å². The smallest absolute Gasteiger partial charge is 0.260 e. The number of fused-ring (bicyclic) bond motifs is 1. The quantitative estimate of drug-likeness (QED) is 0.696. The minimum Gasteiger partial charge on any atom is -0.397 e. The summed E-state index contributed by atoms with van der Waals surface area (Å²) in [6, 6.07) is 1.56. The third-order valence-electron chi connectivity index (χ3n) is 4.82. The molecule has 8 nitrogen and oxygen atoms in total. The molecule has 1 aliphatic rings. The Hall–Kier alpha value is -2.39. The molecule has 0 radical (unpaired) electrons. The summed E-state index contributed by atoms with van der Waals surface area (Å²) >= 11 is 1.24. The molecule has 6 N–H and O–H groups in total. The summed E-state index contributed by atoms with van der Waals surface area (Å²) < 4.78 is 0. The standard InChI is InChI=1S/C18H26N6O2S/c1-3-4-11-9-12(22-17-13(11)14(20)15(27-17)16(21)25)23-5-7-24(8-6-23)18(26)10(2)19/h9-10H,3-8,19-20H2,1-2H3,(H2,21,25)/t10-/m1/s1. The van der Waals surface area contributed by atoms with Crippen LogP contribution in [-0.2, 0) is 11.2 Å². The van der Waals surface area contributed by atoms with Crippen LogP contribution in [-0.4, -0.2) is 53.9 Å². The molecule has 0 aromatic carbocycles. The first-order chi connectivity index (χ1) is 12.8. The third kappa shape index (κ3) is 3.70.